The summed E-state index contributed by atoms with van der Waals surface area (Å²) in [6, 6.07) is -0.673. The predicted molar refractivity (Wildman–Crippen MR) is 57.6 cm³/mol. The highest BCUT2D eigenvalue weighted by Crippen LogP contribution is 2.28. The molecule has 0 amide bonds. The van der Waals surface area contributed by atoms with Gasteiger partial charge in [-0.05, 0) is 5.57 Å². The Morgan fingerprint density at radius 3 is 2.83 bits per heavy atom. The van der Waals surface area contributed by atoms with Crippen LogP contribution in [0.25, 0.3) is 0 Å². The van der Waals surface area contributed by atoms with E-state index in [9.17, 15) is 15.0 Å². The Bertz CT molecular complexity index is 484. The molecule has 0 saturated heterocycles. The molecule has 8 nitrogen and oxygen atoms in total. The lowest BCUT2D eigenvalue weighted by Crippen LogP contribution is -2.30. The van der Waals surface area contributed by atoms with Crippen molar-refractivity contribution >= 4 is 5.97 Å². The molecular weight excluding hydrogens is 242 g/mol. The molecule has 0 aliphatic heterocycles. The van der Waals surface area contributed by atoms with Crippen LogP contribution in [0.3, 0.4) is 0 Å². The molecule has 98 valence electrons. The van der Waals surface area contributed by atoms with Gasteiger partial charge < -0.3 is 20.1 Å². The van der Waals surface area contributed by atoms with Crippen molar-refractivity contribution in [2.45, 2.75) is 18.2 Å². The number of aliphatic hydroxyl groups excluding tert-OH is 3. The Labute approximate surface area is 102 Å². The van der Waals surface area contributed by atoms with Gasteiger partial charge in [-0.2, -0.15) is 0 Å². The van der Waals surface area contributed by atoms with E-state index in [0.29, 0.717) is 5.57 Å². The van der Waals surface area contributed by atoms with Crippen molar-refractivity contribution in [2.75, 3.05) is 13.7 Å². The third kappa shape index (κ3) is 2.01. The fourth-order valence-corrected chi connectivity index (χ4v) is 1.81. The lowest BCUT2D eigenvalue weighted by Gasteiger charge is -2.16. The van der Waals surface area contributed by atoms with Gasteiger partial charge in [0.05, 0.1) is 13.7 Å². The van der Waals surface area contributed by atoms with Crippen molar-refractivity contribution in [2.24, 2.45) is 0 Å². The van der Waals surface area contributed by atoms with Crippen LogP contribution < -0.4 is 0 Å². The second-order valence-corrected chi connectivity index (χ2v) is 3.87. The van der Waals surface area contributed by atoms with E-state index in [2.05, 4.69) is 14.8 Å². The number of carbonyl (C=O) groups excluding carboxylic acids is 1. The van der Waals surface area contributed by atoms with E-state index in [1.165, 1.54) is 24.2 Å². The molecule has 3 N–H and O–H groups in total. The van der Waals surface area contributed by atoms with Crippen molar-refractivity contribution in [3.05, 3.63) is 23.8 Å². The highest BCUT2D eigenvalue weighted by molar-refractivity contribution is 5.84. The molecule has 2 rings (SSSR count). The molecule has 0 saturated carbocycles. The monoisotopic (exact) mass is 255 g/mol. The fraction of sp³-hybridized carbons (Fsp3) is 0.500. The van der Waals surface area contributed by atoms with Crippen LogP contribution in [0.5, 0.6) is 0 Å². The van der Waals surface area contributed by atoms with Gasteiger partial charge in [-0.15, -0.1) is 5.10 Å². The average Bonchev–Trinajstić information content (AvgIpc) is 2.96. The largest absolute Gasteiger partial charge is 0.463 e. The second-order valence-electron chi connectivity index (χ2n) is 3.87. The third-order valence-electron chi connectivity index (χ3n) is 2.80. The number of methoxy groups -OCH3 is 1. The quantitative estimate of drug-likeness (QED) is 0.433. The zero-order valence-electron chi connectivity index (χ0n) is 9.59. The van der Waals surface area contributed by atoms with Crippen molar-refractivity contribution in [1.82, 2.24) is 14.8 Å². The highest BCUT2D eigenvalue weighted by Gasteiger charge is 2.36. The fourth-order valence-electron chi connectivity index (χ4n) is 1.81. The molecule has 1 heterocycles. The SMILES string of the molecule is COC(=O)c1ncn([C@@H]2C=C(CO)[C@@H](O)[C@H]2O)n1. The lowest BCUT2D eigenvalue weighted by molar-refractivity contribution is 0.0254. The number of rotatable bonds is 3. The molecule has 3 atom stereocenters. The molecule has 1 aromatic rings. The summed E-state index contributed by atoms with van der Waals surface area (Å²) in [5.74, 6) is -0.821. The van der Waals surface area contributed by atoms with E-state index >= 15 is 0 Å². The summed E-state index contributed by atoms with van der Waals surface area (Å²) in [6.45, 7) is -0.354. The summed E-state index contributed by atoms with van der Waals surface area (Å²) in [4.78, 5) is 14.9. The van der Waals surface area contributed by atoms with Gasteiger partial charge in [-0.25, -0.2) is 14.5 Å². The molecule has 18 heavy (non-hydrogen) atoms. The number of aliphatic hydroxyl groups is 3. The molecule has 0 aromatic carbocycles. The van der Waals surface area contributed by atoms with Crippen molar-refractivity contribution in [3.63, 3.8) is 0 Å². The van der Waals surface area contributed by atoms with Gasteiger partial charge in [0.2, 0.25) is 0 Å². The first kappa shape index (κ1) is 12.7. The molecule has 0 radical (unpaired) electrons. The molecule has 0 spiro atoms. The van der Waals surface area contributed by atoms with Crippen molar-refractivity contribution in [3.8, 4) is 0 Å². The van der Waals surface area contributed by atoms with E-state index in [-0.39, 0.29) is 12.4 Å². The van der Waals surface area contributed by atoms with Gasteiger partial charge >= 0.3 is 5.97 Å². The van der Waals surface area contributed by atoms with Crippen LogP contribution in [0, 0.1) is 0 Å². The number of carbonyl (C=O) groups is 1. The maximum atomic E-state index is 11.2. The third-order valence-corrected chi connectivity index (χ3v) is 2.80. The van der Waals surface area contributed by atoms with Crippen LogP contribution in [0.2, 0.25) is 0 Å². The number of nitrogens with zero attached hydrogens (tertiary/aromatic N) is 3. The maximum Gasteiger partial charge on any atom is 0.377 e. The zero-order valence-corrected chi connectivity index (χ0v) is 9.59. The van der Waals surface area contributed by atoms with Crippen LogP contribution >= 0.6 is 0 Å². The Morgan fingerprint density at radius 2 is 2.28 bits per heavy atom. The van der Waals surface area contributed by atoms with Crippen molar-refractivity contribution in [1.29, 1.82) is 0 Å². The Balaban J connectivity index is 2.25. The number of ether oxygens (including phenoxy) is 1. The van der Waals surface area contributed by atoms with Gasteiger partial charge in [0, 0.05) is 0 Å². The smallest absolute Gasteiger partial charge is 0.377 e. The minimum Gasteiger partial charge on any atom is -0.463 e. The first-order valence-corrected chi connectivity index (χ1v) is 5.25. The molecular formula is C10H13N3O5. The van der Waals surface area contributed by atoms with Crippen LogP contribution in [-0.4, -0.2) is 62.0 Å². The number of hydrogen-bond donors (Lipinski definition) is 3. The lowest BCUT2D eigenvalue weighted by atomic mass is 10.1. The summed E-state index contributed by atoms with van der Waals surface area (Å²) in [7, 11) is 1.21. The Morgan fingerprint density at radius 1 is 1.56 bits per heavy atom. The van der Waals surface area contributed by atoms with Gasteiger partial charge in [-0.3, -0.25) is 0 Å². The maximum absolute atomic E-state index is 11.2. The summed E-state index contributed by atoms with van der Waals surface area (Å²) >= 11 is 0. The Kier molecular flexibility index (Phi) is 3.41. The van der Waals surface area contributed by atoms with Gasteiger partial charge in [0.25, 0.3) is 5.82 Å². The summed E-state index contributed by atoms with van der Waals surface area (Å²) in [5.41, 5.74) is 0.308. The first-order chi connectivity index (χ1) is 8.58. The zero-order chi connectivity index (χ0) is 13.3. The topological polar surface area (TPSA) is 118 Å². The highest BCUT2D eigenvalue weighted by atomic mass is 16.5. The van der Waals surface area contributed by atoms with E-state index in [4.69, 9.17) is 5.11 Å². The standard InChI is InChI=1S/C10H13N3O5/c1-18-10(17)9-11-4-13(12-9)6-2-5(3-14)7(15)8(6)16/h2,4,6-8,14-16H,3H2,1H3/t6-,7-,8+/m1/s1. The van der Waals surface area contributed by atoms with E-state index in [0.717, 1.165) is 0 Å². The minimum absolute atomic E-state index is 0.134. The van der Waals surface area contributed by atoms with E-state index in [1.54, 1.807) is 0 Å². The van der Waals surface area contributed by atoms with Crippen LogP contribution in [0.15, 0.2) is 18.0 Å². The van der Waals surface area contributed by atoms with Crippen LogP contribution in [0.4, 0.5) is 0 Å². The summed E-state index contributed by atoms with van der Waals surface area (Å²) in [6.07, 6.45) is 0.458. The molecule has 0 unspecified atom stereocenters. The summed E-state index contributed by atoms with van der Waals surface area (Å²) in [5, 5.41) is 32.3. The van der Waals surface area contributed by atoms with Gasteiger partial charge in [0.1, 0.15) is 24.6 Å². The van der Waals surface area contributed by atoms with Crippen LogP contribution in [0.1, 0.15) is 16.7 Å². The summed E-state index contributed by atoms with van der Waals surface area (Å²) < 4.78 is 5.70. The first-order valence-electron chi connectivity index (χ1n) is 5.25. The predicted octanol–water partition coefficient (Wildman–Crippen LogP) is -1.74. The van der Waals surface area contributed by atoms with E-state index < -0.39 is 24.2 Å². The molecule has 0 bridgehead atoms. The molecule has 1 aliphatic rings. The molecule has 1 aromatic heterocycles. The minimum atomic E-state index is -1.15. The van der Waals surface area contributed by atoms with Gasteiger partial charge in [0.15, 0.2) is 0 Å². The van der Waals surface area contributed by atoms with E-state index in [1.807, 2.05) is 0 Å². The molecule has 1 aliphatic carbocycles. The number of hydrogen-bond acceptors (Lipinski definition) is 7. The van der Waals surface area contributed by atoms with Gasteiger partial charge in [-0.1, -0.05) is 6.08 Å². The molecule has 0 fully saturated rings. The second kappa shape index (κ2) is 4.84. The number of aromatic nitrogens is 3. The van der Waals surface area contributed by atoms with Crippen molar-refractivity contribution < 1.29 is 24.9 Å². The average molecular weight is 255 g/mol. The normalized spacial score (nSPS) is 27.1. The Hall–Kier alpha value is -1.77. The van der Waals surface area contributed by atoms with Crippen LogP contribution in [-0.2, 0) is 4.74 Å². The number of esters is 1. The molecule has 8 heteroatoms.